The molecule has 1 amide bonds. The monoisotopic (exact) mass is 244 g/mol. The number of rotatable bonds is 2. The zero-order valence-electron chi connectivity index (χ0n) is 10.7. The number of nitrogens with zero attached hydrogens (tertiary/aromatic N) is 2. The molecular formula is C13H16N4O. The van der Waals surface area contributed by atoms with Crippen LogP contribution in [0.3, 0.4) is 0 Å². The van der Waals surface area contributed by atoms with Crippen LogP contribution in [0.5, 0.6) is 0 Å². The van der Waals surface area contributed by atoms with Crippen LogP contribution in [0.2, 0.25) is 0 Å². The Morgan fingerprint density at radius 1 is 1.28 bits per heavy atom. The average molecular weight is 244 g/mol. The molecule has 0 atom stereocenters. The summed E-state index contributed by atoms with van der Waals surface area (Å²) in [5.41, 5.74) is 15.9. The number of anilines is 1. The van der Waals surface area contributed by atoms with Gasteiger partial charge in [-0.2, -0.15) is 5.10 Å². The smallest absolute Gasteiger partial charge is 0.248 e. The van der Waals surface area contributed by atoms with Gasteiger partial charge in [-0.15, -0.1) is 0 Å². The minimum atomic E-state index is -0.488. The van der Waals surface area contributed by atoms with E-state index in [9.17, 15) is 4.79 Å². The summed E-state index contributed by atoms with van der Waals surface area (Å²) < 4.78 is 1.78. The summed E-state index contributed by atoms with van der Waals surface area (Å²) in [6.45, 7) is 5.95. The fraction of sp³-hybridized carbons (Fsp3) is 0.231. The molecule has 5 nitrogen and oxygen atoms in total. The first-order valence-corrected chi connectivity index (χ1v) is 5.64. The maximum absolute atomic E-state index is 11.1. The third-order valence-corrected chi connectivity index (χ3v) is 3.19. The Kier molecular flexibility index (Phi) is 2.82. The van der Waals surface area contributed by atoms with Gasteiger partial charge in [0.1, 0.15) is 0 Å². The highest BCUT2D eigenvalue weighted by molar-refractivity contribution is 5.94. The third-order valence-electron chi connectivity index (χ3n) is 3.19. The van der Waals surface area contributed by atoms with Gasteiger partial charge >= 0.3 is 0 Å². The molecule has 0 aliphatic heterocycles. The lowest BCUT2D eigenvalue weighted by atomic mass is 10.1. The number of carbonyl (C=O) groups excluding carboxylic acids is 1. The topological polar surface area (TPSA) is 86.9 Å². The number of primary amides is 1. The zero-order chi connectivity index (χ0) is 13.4. The zero-order valence-corrected chi connectivity index (χ0v) is 10.7. The maximum Gasteiger partial charge on any atom is 0.248 e. The van der Waals surface area contributed by atoms with Crippen molar-refractivity contribution >= 4 is 11.6 Å². The number of benzene rings is 1. The number of hydrogen-bond acceptors (Lipinski definition) is 3. The van der Waals surface area contributed by atoms with Gasteiger partial charge in [0.25, 0.3) is 0 Å². The van der Waals surface area contributed by atoms with Crippen LogP contribution in [0.1, 0.15) is 27.3 Å². The first-order chi connectivity index (χ1) is 8.41. The molecule has 2 rings (SSSR count). The van der Waals surface area contributed by atoms with E-state index >= 15 is 0 Å². The van der Waals surface area contributed by atoms with Crippen LogP contribution in [0.4, 0.5) is 5.69 Å². The summed E-state index contributed by atoms with van der Waals surface area (Å²) in [5, 5.41) is 4.44. The SMILES string of the molecule is Cc1nn(-c2ccc(C(N)=O)cc2N)c(C)c1C. The molecule has 0 spiro atoms. The van der Waals surface area contributed by atoms with Crippen LogP contribution in [0.25, 0.3) is 5.69 Å². The van der Waals surface area contributed by atoms with Crippen molar-refractivity contribution in [2.24, 2.45) is 5.73 Å². The minimum Gasteiger partial charge on any atom is -0.397 e. The second kappa shape index (κ2) is 4.18. The number of nitrogen functional groups attached to an aromatic ring is 1. The van der Waals surface area contributed by atoms with Gasteiger partial charge in [-0.05, 0) is 44.5 Å². The standard InChI is InChI=1S/C13H16N4O/c1-7-8(2)16-17(9(7)3)12-5-4-10(13(15)18)6-11(12)14/h4-6H,14H2,1-3H3,(H2,15,18). The average Bonchev–Trinajstić information content (AvgIpc) is 2.57. The van der Waals surface area contributed by atoms with E-state index in [1.54, 1.807) is 22.9 Å². The molecule has 0 aliphatic rings. The Bertz CT molecular complexity index is 628. The summed E-state index contributed by atoms with van der Waals surface area (Å²) >= 11 is 0. The van der Waals surface area contributed by atoms with Crippen molar-refractivity contribution in [3.8, 4) is 5.69 Å². The molecule has 1 aromatic heterocycles. The van der Waals surface area contributed by atoms with Crippen LogP contribution in [-0.4, -0.2) is 15.7 Å². The Morgan fingerprint density at radius 3 is 2.39 bits per heavy atom. The molecule has 2 aromatic rings. The summed E-state index contributed by atoms with van der Waals surface area (Å²) in [6, 6.07) is 4.98. The third kappa shape index (κ3) is 1.84. The van der Waals surface area contributed by atoms with Gasteiger partial charge in [-0.1, -0.05) is 0 Å². The number of hydrogen-bond donors (Lipinski definition) is 2. The van der Waals surface area contributed by atoms with E-state index in [1.807, 2.05) is 20.8 Å². The van der Waals surface area contributed by atoms with Crippen LogP contribution in [0.15, 0.2) is 18.2 Å². The van der Waals surface area contributed by atoms with Crippen LogP contribution in [-0.2, 0) is 0 Å². The lowest BCUT2D eigenvalue weighted by Gasteiger charge is -2.09. The predicted octanol–water partition coefficient (Wildman–Crippen LogP) is 1.48. The molecule has 18 heavy (non-hydrogen) atoms. The Balaban J connectivity index is 2.58. The summed E-state index contributed by atoms with van der Waals surface area (Å²) in [5.74, 6) is -0.488. The maximum atomic E-state index is 11.1. The van der Waals surface area contributed by atoms with E-state index in [2.05, 4.69) is 5.10 Å². The second-order valence-electron chi connectivity index (χ2n) is 4.35. The van der Waals surface area contributed by atoms with E-state index in [-0.39, 0.29) is 0 Å². The largest absolute Gasteiger partial charge is 0.397 e. The van der Waals surface area contributed by atoms with Crippen LogP contribution in [0, 0.1) is 20.8 Å². The molecule has 4 N–H and O–H groups in total. The molecule has 0 saturated heterocycles. The Hall–Kier alpha value is -2.30. The normalized spacial score (nSPS) is 10.6. The lowest BCUT2D eigenvalue weighted by Crippen LogP contribution is -2.12. The highest BCUT2D eigenvalue weighted by Gasteiger charge is 2.12. The van der Waals surface area contributed by atoms with Gasteiger partial charge in [-0.3, -0.25) is 4.79 Å². The first-order valence-electron chi connectivity index (χ1n) is 5.64. The number of aromatic nitrogens is 2. The molecule has 1 aromatic carbocycles. The molecule has 0 saturated carbocycles. The van der Waals surface area contributed by atoms with Gasteiger partial charge in [0.2, 0.25) is 5.91 Å². The van der Waals surface area contributed by atoms with E-state index in [0.29, 0.717) is 11.3 Å². The van der Waals surface area contributed by atoms with Gasteiger partial charge in [-0.25, -0.2) is 4.68 Å². The lowest BCUT2D eigenvalue weighted by molar-refractivity contribution is 0.100. The Labute approximate surface area is 105 Å². The summed E-state index contributed by atoms with van der Waals surface area (Å²) in [7, 11) is 0. The molecule has 0 aliphatic carbocycles. The Morgan fingerprint density at radius 2 is 1.94 bits per heavy atom. The van der Waals surface area contributed by atoms with Crippen molar-refractivity contribution in [1.82, 2.24) is 9.78 Å². The van der Waals surface area contributed by atoms with Crippen LogP contribution >= 0.6 is 0 Å². The molecule has 1 heterocycles. The van der Waals surface area contributed by atoms with Crippen molar-refractivity contribution in [2.75, 3.05) is 5.73 Å². The summed E-state index contributed by atoms with van der Waals surface area (Å²) in [4.78, 5) is 11.1. The predicted molar refractivity (Wildman–Crippen MR) is 70.7 cm³/mol. The van der Waals surface area contributed by atoms with Crippen molar-refractivity contribution < 1.29 is 4.79 Å². The quantitative estimate of drug-likeness (QED) is 0.784. The molecule has 0 radical (unpaired) electrons. The van der Waals surface area contributed by atoms with Gasteiger partial charge in [0, 0.05) is 11.3 Å². The molecule has 0 fully saturated rings. The van der Waals surface area contributed by atoms with Crippen LogP contribution < -0.4 is 11.5 Å². The van der Waals surface area contributed by atoms with Crippen molar-refractivity contribution in [2.45, 2.75) is 20.8 Å². The van der Waals surface area contributed by atoms with Crippen molar-refractivity contribution in [1.29, 1.82) is 0 Å². The van der Waals surface area contributed by atoms with Crippen molar-refractivity contribution in [3.05, 3.63) is 40.7 Å². The number of carbonyl (C=O) groups is 1. The fourth-order valence-corrected chi connectivity index (χ4v) is 1.86. The molecular weight excluding hydrogens is 228 g/mol. The number of aryl methyl sites for hydroxylation is 1. The molecule has 94 valence electrons. The van der Waals surface area contributed by atoms with Crippen molar-refractivity contribution in [3.63, 3.8) is 0 Å². The summed E-state index contributed by atoms with van der Waals surface area (Å²) in [6.07, 6.45) is 0. The minimum absolute atomic E-state index is 0.398. The van der Waals surface area contributed by atoms with E-state index in [0.717, 1.165) is 22.6 Å². The van der Waals surface area contributed by atoms with Gasteiger partial charge < -0.3 is 11.5 Å². The highest BCUT2D eigenvalue weighted by Crippen LogP contribution is 2.22. The number of amides is 1. The van der Waals surface area contributed by atoms with Gasteiger partial charge in [0.05, 0.1) is 17.1 Å². The van der Waals surface area contributed by atoms with E-state index in [4.69, 9.17) is 11.5 Å². The molecule has 0 unspecified atom stereocenters. The molecule has 5 heteroatoms. The second-order valence-corrected chi connectivity index (χ2v) is 4.35. The van der Waals surface area contributed by atoms with Gasteiger partial charge in [0.15, 0.2) is 0 Å². The number of nitrogens with two attached hydrogens (primary N) is 2. The first kappa shape index (κ1) is 12.2. The highest BCUT2D eigenvalue weighted by atomic mass is 16.1. The van der Waals surface area contributed by atoms with E-state index < -0.39 is 5.91 Å². The molecule has 0 bridgehead atoms. The fourth-order valence-electron chi connectivity index (χ4n) is 1.86. The van der Waals surface area contributed by atoms with E-state index in [1.165, 1.54) is 0 Å².